The maximum absolute atomic E-state index is 6.66. The Hall–Kier alpha value is -0.560. The molecule has 1 aliphatic heterocycles. The summed E-state index contributed by atoms with van der Waals surface area (Å²) >= 11 is 0. The maximum atomic E-state index is 6.66. The van der Waals surface area contributed by atoms with Crippen LogP contribution in [-0.2, 0) is 4.74 Å². The van der Waals surface area contributed by atoms with Crippen molar-refractivity contribution < 1.29 is 4.74 Å². The molecule has 0 aromatic carbocycles. The Morgan fingerprint density at radius 1 is 0.783 bits per heavy atom. The molecule has 1 heteroatoms. The number of ether oxygens (including phenoxy) is 1. The van der Waals surface area contributed by atoms with Gasteiger partial charge < -0.3 is 4.74 Å². The van der Waals surface area contributed by atoms with Crippen molar-refractivity contribution in [2.75, 3.05) is 0 Å². The Labute approximate surface area is 138 Å². The highest BCUT2D eigenvalue weighted by atomic mass is 16.5. The summed E-state index contributed by atoms with van der Waals surface area (Å²) in [5, 5.41) is 0. The second-order valence-electron chi connectivity index (χ2n) is 10.4. The molecule has 10 rings (SSSR count). The molecule has 11 unspecified atom stereocenters. The summed E-state index contributed by atoms with van der Waals surface area (Å²) in [6.07, 6.45) is 18.6. The van der Waals surface area contributed by atoms with Crippen LogP contribution in [0.25, 0.3) is 0 Å². The van der Waals surface area contributed by atoms with Crippen LogP contribution in [-0.4, -0.2) is 11.7 Å². The molecule has 1 heterocycles. The predicted octanol–water partition coefficient (Wildman–Crippen LogP) is 4.06. The molecule has 0 aromatic rings. The maximum Gasteiger partial charge on any atom is 0.0776 e. The highest BCUT2D eigenvalue weighted by Crippen LogP contribution is 2.79. The van der Waals surface area contributed by atoms with E-state index in [0.29, 0.717) is 11.7 Å². The van der Waals surface area contributed by atoms with Crippen LogP contribution in [0.3, 0.4) is 0 Å². The SMILES string of the molecule is C1=CC2C3C=CC1C1CC4C5OC67CCCC(C(CC1C23)C56)C47. The lowest BCUT2D eigenvalue weighted by molar-refractivity contribution is -0.229. The molecule has 1 saturated heterocycles. The number of rotatable bonds is 0. The van der Waals surface area contributed by atoms with E-state index in [4.69, 9.17) is 4.74 Å². The van der Waals surface area contributed by atoms with Crippen molar-refractivity contribution in [1.29, 1.82) is 0 Å². The van der Waals surface area contributed by atoms with E-state index in [9.17, 15) is 0 Å². The molecule has 1 spiro atoms. The number of allylic oxidation sites excluding steroid dienone is 4. The highest BCUT2D eigenvalue weighted by molar-refractivity contribution is 5.32. The van der Waals surface area contributed by atoms with Crippen LogP contribution in [0, 0.1) is 65.1 Å². The van der Waals surface area contributed by atoms with Crippen molar-refractivity contribution >= 4 is 0 Å². The molecule has 0 aromatic heterocycles. The second kappa shape index (κ2) is 3.39. The van der Waals surface area contributed by atoms with Crippen LogP contribution in [0.15, 0.2) is 24.3 Å². The molecule has 6 saturated carbocycles. The van der Waals surface area contributed by atoms with Gasteiger partial charge in [-0.1, -0.05) is 30.7 Å². The number of hydrogen-bond acceptors (Lipinski definition) is 1. The van der Waals surface area contributed by atoms with E-state index in [-0.39, 0.29) is 0 Å². The normalized spacial score (nSPS) is 73.7. The van der Waals surface area contributed by atoms with Gasteiger partial charge >= 0.3 is 0 Å². The minimum atomic E-state index is 0.403. The third-order valence-corrected chi connectivity index (χ3v) is 10.2. The third-order valence-electron chi connectivity index (χ3n) is 10.2. The Balaban J connectivity index is 1.29. The first kappa shape index (κ1) is 11.9. The average molecular weight is 306 g/mol. The van der Waals surface area contributed by atoms with Crippen LogP contribution < -0.4 is 0 Å². The topological polar surface area (TPSA) is 9.23 Å². The van der Waals surface area contributed by atoms with Crippen molar-refractivity contribution in [2.45, 2.75) is 43.8 Å². The van der Waals surface area contributed by atoms with Gasteiger partial charge in [0, 0.05) is 5.92 Å². The summed E-state index contributed by atoms with van der Waals surface area (Å²) in [5.41, 5.74) is 0.403. The van der Waals surface area contributed by atoms with Crippen molar-refractivity contribution in [1.82, 2.24) is 0 Å². The molecular formula is C22H26O. The summed E-state index contributed by atoms with van der Waals surface area (Å²) in [6.45, 7) is 0. The summed E-state index contributed by atoms with van der Waals surface area (Å²) in [4.78, 5) is 0. The summed E-state index contributed by atoms with van der Waals surface area (Å²) in [6, 6.07) is 0. The fourth-order valence-corrected chi connectivity index (χ4v) is 9.85. The van der Waals surface area contributed by atoms with Gasteiger partial charge in [0.15, 0.2) is 0 Å². The lowest BCUT2D eigenvalue weighted by atomic mass is 9.59. The summed E-state index contributed by atoms with van der Waals surface area (Å²) in [5.74, 6) is 10.6. The van der Waals surface area contributed by atoms with Crippen molar-refractivity contribution in [3.05, 3.63) is 24.3 Å². The molecular weight excluding hydrogens is 280 g/mol. The molecule has 11 atom stereocenters. The molecule has 9 aliphatic carbocycles. The van der Waals surface area contributed by atoms with Crippen LogP contribution in [0.4, 0.5) is 0 Å². The number of hydrogen-bond donors (Lipinski definition) is 0. The minimum Gasteiger partial charge on any atom is -0.370 e. The molecule has 10 aliphatic rings. The van der Waals surface area contributed by atoms with Crippen molar-refractivity contribution in [2.24, 2.45) is 65.1 Å². The van der Waals surface area contributed by atoms with Crippen LogP contribution in [0.5, 0.6) is 0 Å². The Morgan fingerprint density at radius 2 is 1.61 bits per heavy atom. The molecule has 0 radical (unpaired) electrons. The minimum absolute atomic E-state index is 0.403. The van der Waals surface area contributed by atoms with Crippen LogP contribution >= 0.6 is 0 Å². The van der Waals surface area contributed by atoms with Gasteiger partial charge in [-0.15, -0.1) is 0 Å². The van der Waals surface area contributed by atoms with E-state index in [1.54, 1.807) is 6.42 Å². The largest absolute Gasteiger partial charge is 0.370 e. The average Bonchev–Trinajstić information content (AvgIpc) is 3.11. The third kappa shape index (κ3) is 1.06. The lowest BCUT2D eigenvalue weighted by Crippen LogP contribution is -2.55. The fraction of sp³-hybridized carbons (Fsp3) is 0.818. The Morgan fingerprint density at radius 3 is 2.48 bits per heavy atom. The van der Waals surface area contributed by atoms with Gasteiger partial charge in [-0.25, -0.2) is 0 Å². The van der Waals surface area contributed by atoms with E-state index in [1.807, 2.05) is 0 Å². The van der Waals surface area contributed by atoms with E-state index >= 15 is 0 Å². The monoisotopic (exact) mass is 306 g/mol. The predicted molar refractivity (Wildman–Crippen MR) is 87.4 cm³/mol. The van der Waals surface area contributed by atoms with E-state index in [0.717, 1.165) is 65.1 Å². The molecule has 0 N–H and O–H groups in total. The smallest absolute Gasteiger partial charge is 0.0776 e. The van der Waals surface area contributed by atoms with E-state index < -0.39 is 0 Å². The highest BCUT2D eigenvalue weighted by Gasteiger charge is 2.81. The van der Waals surface area contributed by atoms with Gasteiger partial charge in [0.1, 0.15) is 0 Å². The van der Waals surface area contributed by atoms with Crippen LogP contribution in [0.2, 0.25) is 0 Å². The van der Waals surface area contributed by atoms with Gasteiger partial charge in [-0.3, -0.25) is 0 Å². The van der Waals surface area contributed by atoms with Crippen LogP contribution in [0.1, 0.15) is 32.1 Å². The van der Waals surface area contributed by atoms with Gasteiger partial charge in [0.05, 0.1) is 11.7 Å². The second-order valence-corrected chi connectivity index (χ2v) is 10.4. The fourth-order valence-electron chi connectivity index (χ4n) is 9.85. The first-order chi connectivity index (χ1) is 11.4. The zero-order valence-corrected chi connectivity index (χ0v) is 13.7. The Kier molecular flexibility index (Phi) is 1.75. The summed E-state index contributed by atoms with van der Waals surface area (Å²) < 4.78 is 6.66. The van der Waals surface area contributed by atoms with E-state index in [2.05, 4.69) is 24.3 Å². The lowest BCUT2D eigenvalue weighted by Gasteiger charge is -2.51. The zero-order valence-electron chi connectivity index (χ0n) is 13.7. The van der Waals surface area contributed by atoms with Crippen molar-refractivity contribution in [3.63, 3.8) is 0 Å². The molecule has 23 heavy (non-hydrogen) atoms. The van der Waals surface area contributed by atoms with E-state index in [1.165, 1.54) is 25.7 Å². The molecule has 7 fully saturated rings. The molecule has 120 valence electrons. The van der Waals surface area contributed by atoms with Gasteiger partial charge in [-0.05, 0) is 84.9 Å². The first-order valence-corrected chi connectivity index (χ1v) is 10.4. The standard InChI is InChI=1S/C22H26O/c1-2-13-16-9-15-14(10-3-5-11-12(6-4-10)18(11)15)8-17-19(13)22(7-1)20(16)21(17)23-22/h3-6,10-21H,1-2,7-9H2. The van der Waals surface area contributed by atoms with Crippen molar-refractivity contribution in [3.8, 4) is 0 Å². The molecule has 11 bridgehead atoms. The Bertz CT molecular complexity index is 657. The molecule has 1 nitrogen and oxygen atoms in total. The zero-order chi connectivity index (χ0) is 14.5. The first-order valence-electron chi connectivity index (χ1n) is 10.4. The summed E-state index contributed by atoms with van der Waals surface area (Å²) in [7, 11) is 0. The van der Waals surface area contributed by atoms with Gasteiger partial charge in [-0.2, -0.15) is 0 Å². The quantitative estimate of drug-likeness (QED) is 0.613. The van der Waals surface area contributed by atoms with Gasteiger partial charge in [0.2, 0.25) is 0 Å². The molecule has 0 amide bonds. The van der Waals surface area contributed by atoms with Gasteiger partial charge in [0.25, 0.3) is 0 Å².